The Morgan fingerprint density at radius 1 is 0.723 bits per heavy atom. The van der Waals surface area contributed by atoms with Crippen molar-refractivity contribution in [1.29, 1.82) is 0 Å². The third-order valence-electron chi connectivity index (χ3n) is 19.6. The standard InChI is InChI=1S/C78H118N14O19S/c1-10-32-91(75(102)68(51(8)12-3)87-72(100)61-20-15-17-33-90(61)9)62(49(4)5)46-63(109-35-11-2)74-85-60(48-112-74)71(99)83-55-43-53-24-27-56(93)45-57(53)58(44-55)69(97)88-89-78(105)110-42-41-108-40-39-107-38-37-106-36-31-81-77(104)111-47-52-22-25-54(26-23-52)82-70(98)59(19-18-30-80-76(79)103)84-73(101)67(50(6)7)86-64(94)21-14-13-16-34-92-65(95)28-29-66(92)96/h22-29,45,48-51,55,58-59,61-63,67-68,93H,10-21,30-44,46-47H2,1-9H3,(H,81,104)(H,82,98)(H,83,99)(H,84,101)(H,86,94)(H,87,100)(H,88,97)(H,89,105)(H3,79,80,103)/t51-,55-,58+,59-,61+,62+,63+,67-,68-/m0/s1. The van der Waals surface area contributed by atoms with E-state index in [1.807, 2.05) is 39.6 Å². The topological polar surface area (TPSA) is 437 Å². The molecular formula is C78H118N14O19S. The molecule has 6 rings (SSSR count). The van der Waals surface area contributed by atoms with Gasteiger partial charge in [-0.1, -0.05) is 92.9 Å². The molecule has 1 fully saturated rings. The van der Waals surface area contributed by atoms with Crippen LogP contribution >= 0.6 is 11.3 Å². The maximum absolute atomic E-state index is 14.8. The van der Waals surface area contributed by atoms with Crippen molar-refractivity contribution in [1.82, 2.24) is 62.4 Å². The summed E-state index contributed by atoms with van der Waals surface area (Å²) >= 11 is 1.29. The van der Waals surface area contributed by atoms with E-state index in [9.17, 15) is 62.6 Å². The van der Waals surface area contributed by atoms with Crippen molar-refractivity contribution >= 4 is 88.4 Å². The number of unbranched alkanes of at least 4 members (excludes halogenated alkanes) is 2. The van der Waals surface area contributed by atoms with Crippen LogP contribution in [0.15, 0.2) is 60.0 Å². The molecular weight excluding hydrogens is 1470 g/mol. The molecule has 13 amide bonds. The summed E-state index contributed by atoms with van der Waals surface area (Å²) in [6, 6.07) is 6.51. The van der Waals surface area contributed by atoms with Crippen LogP contribution in [-0.4, -0.2) is 225 Å². The number of hydrogen-bond acceptors (Lipinski definition) is 22. The number of hydrazine groups is 1. The molecule has 33 nitrogen and oxygen atoms in total. The summed E-state index contributed by atoms with van der Waals surface area (Å²) in [5.74, 6) is -5.02. The highest BCUT2D eigenvalue weighted by Crippen LogP contribution is 2.36. The monoisotopic (exact) mass is 1590 g/mol. The van der Waals surface area contributed by atoms with E-state index in [4.69, 9.17) is 39.1 Å². The molecule has 3 aromatic rings. The Hall–Kier alpha value is -9.35. The number of likely N-dealkylation sites (tertiary alicyclic amines) is 1. The highest BCUT2D eigenvalue weighted by atomic mass is 32.1. The van der Waals surface area contributed by atoms with Crippen LogP contribution in [0.1, 0.15) is 189 Å². The second kappa shape index (κ2) is 48.5. The third-order valence-corrected chi connectivity index (χ3v) is 20.5. The number of benzene rings is 2. The van der Waals surface area contributed by atoms with E-state index in [1.165, 1.54) is 35.6 Å². The Labute approximate surface area is 660 Å². The van der Waals surface area contributed by atoms with Gasteiger partial charge in [-0.05, 0) is 137 Å². The van der Waals surface area contributed by atoms with Gasteiger partial charge in [0.2, 0.25) is 35.4 Å². The minimum Gasteiger partial charge on any atom is -0.508 e. The number of phenols is 1. The van der Waals surface area contributed by atoms with Crippen LogP contribution in [0.2, 0.25) is 0 Å². The van der Waals surface area contributed by atoms with E-state index in [-0.39, 0.29) is 169 Å². The van der Waals surface area contributed by atoms with E-state index in [0.29, 0.717) is 85.5 Å². The number of alkyl carbamates (subject to hydrolysis) is 1. The summed E-state index contributed by atoms with van der Waals surface area (Å²) in [5, 5.41) is 32.3. The van der Waals surface area contributed by atoms with Crippen molar-refractivity contribution < 1.29 is 91.1 Å². The molecule has 3 heterocycles. The Balaban J connectivity index is 0.847. The predicted molar refractivity (Wildman–Crippen MR) is 417 cm³/mol. The summed E-state index contributed by atoms with van der Waals surface area (Å²) in [6.07, 6.45) is 7.96. The summed E-state index contributed by atoms with van der Waals surface area (Å²) in [6.45, 7) is 18.7. The number of fused-ring (bicyclic) bond motifs is 1. The van der Waals surface area contributed by atoms with Crippen molar-refractivity contribution in [3.8, 4) is 5.75 Å². The van der Waals surface area contributed by atoms with E-state index < -0.39 is 78.0 Å². The fourth-order valence-electron chi connectivity index (χ4n) is 13.2. The molecule has 2 aliphatic heterocycles. The lowest BCUT2D eigenvalue weighted by Gasteiger charge is -2.40. The van der Waals surface area contributed by atoms with Gasteiger partial charge in [0.25, 0.3) is 17.7 Å². The number of piperidine rings is 1. The fraction of sp³-hybridized carbons (Fsp3) is 0.628. The van der Waals surface area contributed by atoms with Gasteiger partial charge < -0.3 is 81.4 Å². The second-order valence-electron chi connectivity index (χ2n) is 29.0. The molecule has 0 saturated carbocycles. The van der Waals surface area contributed by atoms with Crippen LogP contribution in [0.3, 0.4) is 0 Å². The number of amides is 13. The number of aromatic nitrogens is 1. The molecule has 1 saturated heterocycles. The van der Waals surface area contributed by atoms with Gasteiger partial charge in [0.05, 0.1) is 51.6 Å². The zero-order valence-electron chi connectivity index (χ0n) is 66.2. The van der Waals surface area contributed by atoms with Crippen LogP contribution < -0.4 is 53.8 Å². The van der Waals surface area contributed by atoms with Crippen molar-refractivity contribution in [2.75, 3.05) is 97.9 Å². The maximum Gasteiger partial charge on any atom is 0.426 e. The lowest BCUT2D eigenvalue weighted by molar-refractivity contribution is -0.143. The molecule has 1 aromatic heterocycles. The molecule has 2 aromatic carbocycles. The minimum absolute atomic E-state index is 0.00141. The van der Waals surface area contributed by atoms with Gasteiger partial charge in [-0.3, -0.25) is 58.4 Å². The van der Waals surface area contributed by atoms with Crippen LogP contribution in [-0.2, 0) is 79.8 Å². The van der Waals surface area contributed by atoms with E-state index >= 15 is 0 Å². The number of nitrogens with zero attached hydrogens (tertiary/aromatic N) is 4. The van der Waals surface area contributed by atoms with E-state index in [1.54, 1.807) is 49.6 Å². The van der Waals surface area contributed by atoms with Gasteiger partial charge in [-0.2, -0.15) is 0 Å². The number of likely N-dealkylation sites (N-methyl/N-ethyl adjacent to an activating group) is 1. The molecule has 34 heteroatoms. The average Bonchev–Trinajstić information content (AvgIpc) is 1.05. The van der Waals surface area contributed by atoms with Crippen LogP contribution in [0, 0.1) is 17.8 Å². The first-order valence-electron chi connectivity index (χ1n) is 39.1. The maximum atomic E-state index is 14.8. The first-order chi connectivity index (χ1) is 53.7. The first kappa shape index (κ1) is 91.5. The molecule has 0 unspecified atom stereocenters. The summed E-state index contributed by atoms with van der Waals surface area (Å²) < 4.78 is 33.6. The number of rotatable bonds is 48. The number of anilines is 1. The highest BCUT2D eigenvalue weighted by Gasteiger charge is 2.40. The number of thiazole rings is 1. The molecule has 0 spiro atoms. The predicted octanol–water partition coefficient (Wildman–Crippen LogP) is 6.04. The molecule has 9 atom stereocenters. The van der Waals surface area contributed by atoms with Gasteiger partial charge in [0.15, 0.2) is 0 Å². The number of nitrogens with two attached hydrogens (primary N) is 1. The number of carbonyl (C=O) groups is 12. The van der Waals surface area contributed by atoms with E-state index in [2.05, 4.69) is 66.8 Å². The molecule has 112 heavy (non-hydrogen) atoms. The van der Waals surface area contributed by atoms with Gasteiger partial charge in [-0.15, -0.1) is 11.3 Å². The number of urea groups is 1. The van der Waals surface area contributed by atoms with Gasteiger partial charge in [0.1, 0.15) is 53.9 Å². The minimum atomic E-state index is -1.07. The van der Waals surface area contributed by atoms with Crippen LogP contribution in [0.25, 0.3) is 0 Å². The largest absolute Gasteiger partial charge is 0.508 e. The Morgan fingerprint density at radius 2 is 1.43 bits per heavy atom. The number of phenolic OH excluding ortho intramolecular Hbond substituents is 1. The lowest BCUT2D eigenvalue weighted by Crippen LogP contribution is -2.58. The van der Waals surface area contributed by atoms with Crippen molar-refractivity contribution in [2.45, 2.75) is 207 Å². The van der Waals surface area contributed by atoms with Crippen molar-refractivity contribution in [2.24, 2.45) is 23.5 Å². The number of aromatic hydroxyl groups is 1. The molecule has 0 bridgehead atoms. The Kier molecular flexibility index (Phi) is 39.7. The smallest absolute Gasteiger partial charge is 0.426 e. The number of carbonyl (C=O) groups excluding carboxylic acids is 12. The lowest BCUT2D eigenvalue weighted by atomic mass is 9.79. The summed E-state index contributed by atoms with van der Waals surface area (Å²) in [5.41, 5.74) is 12.3. The van der Waals surface area contributed by atoms with Gasteiger partial charge in [0, 0.05) is 80.9 Å². The fourth-order valence-corrected chi connectivity index (χ4v) is 14.1. The normalized spacial score (nSPS) is 17.1. The molecule has 12 N–H and O–H groups in total. The van der Waals surface area contributed by atoms with Crippen LogP contribution in [0.4, 0.5) is 20.1 Å². The Bertz CT molecular complexity index is 3580. The zero-order chi connectivity index (χ0) is 81.7. The zero-order valence-corrected chi connectivity index (χ0v) is 67.0. The SMILES string of the molecule is CCCO[C@H](C[C@H](C(C)C)N(CCC)C(=O)[C@@H](NC(=O)[C@H]1CCCCN1C)[C@@H](C)CC)c1nc(C(=O)N[C@H]2Cc3ccc(O)cc3[C@H](C(=O)NNC(=O)OCCOCCOCCOCCNC(=O)OCc3ccc(NC(=O)[C@H](CCCNC(N)=O)NC(=O)[C@@H](NC(=O)CCCCCN4C(=O)C=CC4=O)C(C)C)cc3)C2)cs1. The van der Waals surface area contributed by atoms with E-state index in [0.717, 1.165) is 37.1 Å². The number of hydrogen-bond donors (Lipinski definition) is 11. The first-order valence-corrected chi connectivity index (χ1v) is 40.0. The van der Waals surface area contributed by atoms with Crippen LogP contribution in [0.5, 0.6) is 5.75 Å². The molecule has 1 aliphatic carbocycles. The van der Waals surface area contributed by atoms with Crippen molar-refractivity contribution in [3.63, 3.8) is 0 Å². The number of ether oxygens (including phenoxy) is 6. The number of nitrogens with one attached hydrogen (secondary N) is 9. The summed E-state index contributed by atoms with van der Waals surface area (Å²) in [7, 11) is 1.96. The van der Waals surface area contributed by atoms with Gasteiger partial charge >= 0.3 is 18.2 Å². The number of imide groups is 1. The number of primary amides is 1. The summed E-state index contributed by atoms with van der Waals surface area (Å²) in [4.78, 5) is 167. The quantitative estimate of drug-likeness (QED) is 0.0174. The molecule has 620 valence electrons. The van der Waals surface area contributed by atoms with Gasteiger partial charge in [-0.25, -0.2) is 24.8 Å². The molecule has 3 aliphatic rings. The second-order valence-corrected chi connectivity index (χ2v) is 29.8. The highest BCUT2D eigenvalue weighted by molar-refractivity contribution is 7.09. The average molecular weight is 1590 g/mol. The third kappa shape index (κ3) is 30.6. The Morgan fingerprint density at radius 3 is 2.09 bits per heavy atom. The molecule has 0 radical (unpaired) electrons. The van der Waals surface area contributed by atoms with Crippen molar-refractivity contribution in [3.05, 3.63) is 87.4 Å².